The molecule has 162 valence electrons. The first-order chi connectivity index (χ1) is 13.7. The molecule has 1 aromatic carbocycles. The summed E-state index contributed by atoms with van der Waals surface area (Å²) in [6.45, 7) is 6.66. The average molecular weight is 422 g/mol. The number of anilines is 1. The van der Waals surface area contributed by atoms with Gasteiger partial charge in [-0.05, 0) is 54.8 Å². The minimum absolute atomic E-state index is 0.0501. The number of carbonyl (C=O) groups is 1. The van der Waals surface area contributed by atoms with Crippen LogP contribution in [-0.2, 0) is 20.2 Å². The van der Waals surface area contributed by atoms with Crippen molar-refractivity contribution >= 4 is 21.6 Å². The molecule has 0 unspecified atom stereocenters. The maximum atomic E-state index is 12.5. The molecule has 0 radical (unpaired) electrons. The number of sulfonamides is 1. The van der Waals surface area contributed by atoms with E-state index in [1.807, 2.05) is 12.1 Å². The van der Waals surface area contributed by atoms with E-state index in [1.54, 1.807) is 6.07 Å². The molecule has 0 aromatic heterocycles. The summed E-state index contributed by atoms with van der Waals surface area (Å²) in [7, 11) is -3.30. The molecule has 1 aromatic rings. The molecular weight excluding hydrogens is 386 g/mol. The summed E-state index contributed by atoms with van der Waals surface area (Å²) in [6.07, 6.45) is 8.05. The van der Waals surface area contributed by atoms with Crippen LogP contribution in [0.3, 0.4) is 0 Å². The van der Waals surface area contributed by atoms with Crippen molar-refractivity contribution in [3.05, 3.63) is 29.8 Å². The highest BCUT2D eigenvalue weighted by molar-refractivity contribution is 7.92. The third-order valence-corrected chi connectivity index (χ3v) is 7.34. The van der Waals surface area contributed by atoms with Gasteiger partial charge >= 0.3 is 0 Å². The second-order valence-electron chi connectivity index (χ2n) is 9.16. The van der Waals surface area contributed by atoms with E-state index in [4.69, 9.17) is 0 Å². The quantitative estimate of drug-likeness (QED) is 0.740. The lowest BCUT2D eigenvalue weighted by molar-refractivity contribution is -0.123. The van der Waals surface area contributed by atoms with Crippen LogP contribution >= 0.6 is 0 Å². The number of hydrogen-bond acceptors (Lipinski definition) is 4. The van der Waals surface area contributed by atoms with Crippen molar-refractivity contribution in [2.24, 2.45) is 5.92 Å². The zero-order chi connectivity index (χ0) is 21.1. The lowest BCUT2D eigenvalue weighted by Crippen LogP contribution is -2.51. The second kappa shape index (κ2) is 9.04. The number of rotatable bonds is 6. The summed E-state index contributed by atoms with van der Waals surface area (Å²) in [6, 6.07) is 8.07. The average Bonchev–Trinajstić information content (AvgIpc) is 2.64. The van der Waals surface area contributed by atoms with E-state index < -0.39 is 10.0 Å². The summed E-state index contributed by atoms with van der Waals surface area (Å²) in [4.78, 5) is 14.7. The number of hydrogen-bond donors (Lipinski definition) is 2. The van der Waals surface area contributed by atoms with Gasteiger partial charge in [0.25, 0.3) is 0 Å². The van der Waals surface area contributed by atoms with E-state index in [0.29, 0.717) is 24.2 Å². The van der Waals surface area contributed by atoms with Crippen molar-refractivity contribution in [2.75, 3.05) is 30.6 Å². The number of likely N-dealkylation sites (tertiary alicyclic amines) is 1. The van der Waals surface area contributed by atoms with Crippen LogP contribution in [0.15, 0.2) is 24.3 Å². The molecule has 2 atom stereocenters. The molecule has 1 saturated heterocycles. The molecule has 0 bridgehead atoms. The standard InChI is InChI=1S/C22H35N3O3S/c1-17-15-25(16-21(26)23-19-9-5-4-6-10-19)13-12-22(17,2)18-8-7-11-20(14-18)24-29(3,27)28/h7-8,11,14,17,19,24H,4-6,9-10,12-13,15-16H2,1-3H3,(H,23,26)/t17-,22-/m0/s1. The Hall–Kier alpha value is -1.60. The zero-order valence-electron chi connectivity index (χ0n) is 17.9. The largest absolute Gasteiger partial charge is 0.352 e. The Morgan fingerprint density at radius 1 is 1.24 bits per heavy atom. The van der Waals surface area contributed by atoms with E-state index in [-0.39, 0.29) is 11.3 Å². The molecule has 2 aliphatic rings. The lowest BCUT2D eigenvalue weighted by atomic mass is 9.68. The normalized spacial score (nSPS) is 26.8. The number of carbonyl (C=O) groups excluding carboxylic acids is 1. The first-order valence-corrected chi connectivity index (χ1v) is 12.6. The lowest BCUT2D eigenvalue weighted by Gasteiger charge is -2.45. The summed E-state index contributed by atoms with van der Waals surface area (Å²) in [5.41, 5.74) is 1.70. The summed E-state index contributed by atoms with van der Waals surface area (Å²) in [5, 5.41) is 3.22. The van der Waals surface area contributed by atoms with Crippen LogP contribution in [0.1, 0.15) is 57.9 Å². The van der Waals surface area contributed by atoms with Crippen LogP contribution in [0.5, 0.6) is 0 Å². The first-order valence-electron chi connectivity index (χ1n) is 10.8. The smallest absolute Gasteiger partial charge is 0.234 e. The van der Waals surface area contributed by atoms with Crippen LogP contribution in [-0.4, -0.2) is 51.2 Å². The molecule has 0 spiro atoms. The highest BCUT2D eigenvalue weighted by atomic mass is 32.2. The predicted molar refractivity (Wildman–Crippen MR) is 117 cm³/mol. The predicted octanol–water partition coefficient (Wildman–Crippen LogP) is 3.11. The molecule has 1 amide bonds. The molecule has 2 fully saturated rings. The highest BCUT2D eigenvalue weighted by Crippen LogP contribution is 2.40. The van der Waals surface area contributed by atoms with Crippen LogP contribution < -0.4 is 10.0 Å². The zero-order valence-corrected chi connectivity index (χ0v) is 18.7. The van der Waals surface area contributed by atoms with Gasteiger partial charge in [-0.3, -0.25) is 14.4 Å². The SMILES string of the molecule is C[C@H]1CN(CC(=O)NC2CCCCC2)CC[C@]1(C)c1cccc(NS(C)(=O)=O)c1. The van der Waals surface area contributed by atoms with Gasteiger partial charge in [-0.25, -0.2) is 8.42 Å². The van der Waals surface area contributed by atoms with Gasteiger partial charge in [0.1, 0.15) is 0 Å². The number of nitrogens with one attached hydrogen (secondary N) is 2. The third kappa shape index (κ3) is 5.95. The molecule has 29 heavy (non-hydrogen) atoms. The number of benzene rings is 1. The molecule has 1 aliphatic heterocycles. The fourth-order valence-electron chi connectivity index (χ4n) is 4.76. The molecule has 6 nitrogen and oxygen atoms in total. The van der Waals surface area contributed by atoms with E-state index in [1.165, 1.54) is 25.5 Å². The summed E-state index contributed by atoms with van der Waals surface area (Å²) < 4.78 is 25.7. The maximum Gasteiger partial charge on any atom is 0.234 e. The van der Waals surface area contributed by atoms with E-state index in [0.717, 1.165) is 37.9 Å². The molecule has 1 aliphatic carbocycles. The Kier molecular flexibility index (Phi) is 6.89. The van der Waals surface area contributed by atoms with Crippen molar-refractivity contribution < 1.29 is 13.2 Å². The van der Waals surface area contributed by atoms with Gasteiger partial charge in [0, 0.05) is 18.3 Å². The molecule has 2 N–H and O–H groups in total. The maximum absolute atomic E-state index is 12.5. The first kappa shape index (κ1) is 22.1. The Bertz CT molecular complexity index is 820. The van der Waals surface area contributed by atoms with Crippen molar-refractivity contribution in [1.82, 2.24) is 10.2 Å². The fourth-order valence-corrected chi connectivity index (χ4v) is 5.32. The van der Waals surface area contributed by atoms with Gasteiger partial charge in [0.05, 0.1) is 12.8 Å². The van der Waals surface area contributed by atoms with Crippen LogP contribution in [0.25, 0.3) is 0 Å². The van der Waals surface area contributed by atoms with E-state index >= 15 is 0 Å². The van der Waals surface area contributed by atoms with Crippen molar-refractivity contribution in [3.8, 4) is 0 Å². The van der Waals surface area contributed by atoms with Crippen LogP contribution in [0.2, 0.25) is 0 Å². The number of nitrogens with zero attached hydrogens (tertiary/aromatic N) is 1. The van der Waals surface area contributed by atoms with Gasteiger partial charge < -0.3 is 5.32 Å². The van der Waals surface area contributed by atoms with Gasteiger partial charge in [-0.2, -0.15) is 0 Å². The van der Waals surface area contributed by atoms with Crippen molar-refractivity contribution in [1.29, 1.82) is 0 Å². The Balaban J connectivity index is 1.60. The fraction of sp³-hybridized carbons (Fsp3) is 0.682. The molecule has 7 heteroatoms. The van der Waals surface area contributed by atoms with Gasteiger partial charge in [-0.1, -0.05) is 45.2 Å². The Labute approximate surface area is 175 Å². The molecular formula is C22H35N3O3S. The second-order valence-corrected chi connectivity index (χ2v) is 10.9. The minimum Gasteiger partial charge on any atom is -0.352 e. The molecule has 1 saturated carbocycles. The topological polar surface area (TPSA) is 78.5 Å². The van der Waals surface area contributed by atoms with Crippen molar-refractivity contribution in [3.63, 3.8) is 0 Å². The number of amides is 1. The third-order valence-electron chi connectivity index (χ3n) is 6.73. The monoisotopic (exact) mass is 421 g/mol. The van der Waals surface area contributed by atoms with Crippen LogP contribution in [0, 0.1) is 5.92 Å². The summed E-state index contributed by atoms with van der Waals surface area (Å²) in [5.74, 6) is 0.499. The number of piperidine rings is 1. The Morgan fingerprint density at radius 3 is 2.62 bits per heavy atom. The van der Waals surface area contributed by atoms with Gasteiger partial charge in [0.15, 0.2) is 0 Å². The van der Waals surface area contributed by atoms with E-state index in [2.05, 4.69) is 34.9 Å². The molecule has 1 heterocycles. The van der Waals surface area contributed by atoms with Crippen LogP contribution in [0.4, 0.5) is 5.69 Å². The Morgan fingerprint density at radius 2 is 1.97 bits per heavy atom. The molecule has 3 rings (SSSR count). The van der Waals surface area contributed by atoms with Crippen molar-refractivity contribution in [2.45, 2.75) is 63.8 Å². The van der Waals surface area contributed by atoms with Gasteiger partial charge in [0.2, 0.25) is 15.9 Å². The highest BCUT2D eigenvalue weighted by Gasteiger charge is 2.38. The van der Waals surface area contributed by atoms with Gasteiger partial charge in [-0.15, -0.1) is 0 Å². The van der Waals surface area contributed by atoms with E-state index in [9.17, 15) is 13.2 Å². The summed E-state index contributed by atoms with van der Waals surface area (Å²) >= 11 is 0. The minimum atomic E-state index is -3.30.